The number of amides is 1. The van der Waals surface area contributed by atoms with Gasteiger partial charge in [-0.15, -0.1) is 0 Å². The molecular weight excluding hydrogens is 274 g/mol. The fourth-order valence-corrected chi connectivity index (χ4v) is 3.93. The van der Waals surface area contributed by atoms with Crippen LogP contribution < -0.4 is 0 Å². The molecule has 22 heavy (non-hydrogen) atoms. The molecule has 1 aliphatic carbocycles. The Morgan fingerprint density at radius 2 is 2.05 bits per heavy atom. The van der Waals surface area contributed by atoms with Crippen LogP contribution in [-0.2, 0) is 6.54 Å². The van der Waals surface area contributed by atoms with Crippen LogP contribution in [0.25, 0.3) is 0 Å². The second-order valence-corrected chi connectivity index (χ2v) is 6.73. The Kier molecular flexibility index (Phi) is 4.23. The van der Waals surface area contributed by atoms with E-state index in [1.807, 2.05) is 11.0 Å². The summed E-state index contributed by atoms with van der Waals surface area (Å²) in [5.74, 6) is 1.43. The van der Waals surface area contributed by atoms with E-state index in [1.165, 1.54) is 25.7 Å². The van der Waals surface area contributed by atoms with Crippen LogP contribution in [0.1, 0.15) is 61.4 Å². The highest BCUT2D eigenvalue weighted by Gasteiger charge is 2.33. The van der Waals surface area contributed by atoms with Gasteiger partial charge in [-0.25, -0.2) is 0 Å². The van der Waals surface area contributed by atoms with Crippen molar-refractivity contribution in [2.24, 2.45) is 11.8 Å². The maximum absolute atomic E-state index is 12.6. The Bertz CT molecular complexity index is 585. The fraction of sp³-hybridized carbons (Fsp3) is 0.526. The van der Waals surface area contributed by atoms with E-state index in [0.717, 1.165) is 30.0 Å². The van der Waals surface area contributed by atoms with Crippen LogP contribution in [0.4, 0.5) is 0 Å². The standard InChI is InChI=1S/C19H25NO2/c1-3-4-14-5-7-15(8-6-14)13(2)20-12-16-9-10-17(21)11-18(16)19(20)22/h9-11,14-15,21H,2-8,12H2,1H3. The molecule has 1 fully saturated rings. The quantitative estimate of drug-likeness (QED) is 0.891. The largest absolute Gasteiger partial charge is 0.508 e. The van der Waals surface area contributed by atoms with Crippen LogP contribution in [0.3, 0.4) is 0 Å². The molecule has 118 valence electrons. The van der Waals surface area contributed by atoms with E-state index in [4.69, 9.17) is 0 Å². The van der Waals surface area contributed by atoms with Gasteiger partial charge in [-0.2, -0.15) is 0 Å². The number of phenols is 1. The zero-order valence-corrected chi connectivity index (χ0v) is 13.3. The van der Waals surface area contributed by atoms with E-state index in [-0.39, 0.29) is 11.7 Å². The average molecular weight is 299 g/mol. The third kappa shape index (κ3) is 2.77. The lowest BCUT2D eigenvalue weighted by Gasteiger charge is -2.33. The Morgan fingerprint density at radius 3 is 2.73 bits per heavy atom. The summed E-state index contributed by atoms with van der Waals surface area (Å²) >= 11 is 0. The van der Waals surface area contributed by atoms with Crippen LogP contribution in [0.15, 0.2) is 30.5 Å². The highest BCUT2D eigenvalue weighted by Crippen LogP contribution is 2.38. The predicted octanol–water partition coefficient (Wildman–Crippen LogP) is 4.47. The van der Waals surface area contributed by atoms with Gasteiger partial charge in [0.25, 0.3) is 5.91 Å². The summed E-state index contributed by atoms with van der Waals surface area (Å²) in [6, 6.07) is 5.06. The van der Waals surface area contributed by atoms with Gasteiger partial charge in [0.05, 0.1) is 6.54 Å². The molecule has 0 radical (unpaired) electrons. The number of hydrogen-bond acceptors (Lipinski definition) is 2. The molecule has 1 amide bonds. The molecule has 1 saturated carbocycles. The van der Waals surface area contributed by atoms with Crippen molar-refractivity contribution in [2.45, 2.75) is 52.0 Å². The third-order valence-corrected chi connectivity index (χ3v) is 5.26. The molecule has 1 aliphatic heterocycles. The average Bonchev–Trinajstić information content (AvgIpc) is 2.84. The van der Waals surface area contributed by atoms with E-state index in [0.29, 0.717) is 18.0 Å². The predicted molar refractivity (Wildman–Crippen MR) is 87.5 cm³/mol. The molecule has 0 spiro atoms. The van der Waals surface area contributed by atoms with Crippen LogP contribution in [-0.4, -0.2) is 15.9 Å². The van der Waals surface area contributed by atoms with Gasteiger partial charge in [0.15, 0.2) is 0 Å². The van der Waals surface area contributed by atoms with E-state index in [2.05, 4.69) is 13.5 Å². The molecule has 0 unspecified atom stereocenters. The zero-order valence-electron chi connectivity index (χ0n) is 13.3. The molecule has 3 nitrogen and oxygen atoms in total. The molecule has 1 aromatic carbocycles. The summed E-state index contributed by atoms with van der Waals surface area (Å²) in [5.41, 5.74) is 2.58. The van der Waals surface area contributed by atoms with Crippen LogP contribution in [0.2, 0.25) is 0 Å². The normalized spacial score (nSPS) is 24.4. The molecule has 0 bridgehead atoms. The van der Waals surface area contributed by atoms with Crippen molar-refractivity contribution >= 4 is 5.91 Å². The maximum Gasteiger partial charge on any atom is 0.258 e. The SMILES string of the molecule is C=C(C1CCC(CCC)CC1)N1Cc2ccc(O)cc2C1=O. The first-order valence-corrected chi connectivity index (χ1v) is 8.42. The Hall–Kier alpha value is -1.77. The number of aromatic hydroxyl groups is 1. The van der Waals surface area contributed by atoms with Crippen molar-refractivity contribution < 1.29 is 9.90 Å². The van der Waals surface area contributed by atoms with Gasteiger partial charge in [0.2, 0.25) is 0 Å². The monoisotopic (exact) mass is 299 g/mol. The van der Waals surface area contributed by atoms with Gasteiger partial charge in [0, 0.05) is 11.3 Å². The molecule has 3 rings (SSSR count). The minimum Gasteiger partial charge on any atom is -0.508 e. The first-order valence-electron chi connectivity index (χ1n) is 8.42. The number of fused-ring (bicyclic) bond motifs is 1. The van der Waals surface area contributed by atoms with E-state index in [1.54, 1.807) is 12.1 Å². The maximum atomic E-state index is 12.6. The molecular formula is C19H25NO2. The summed E-state index contributed by atoms with van der Waals surface area (Å²) in [7, 11) is 0. The second-order valence-electron chi connectivity index (χ2n) is 6.73. The first-order chi connectivity index (χ1) is 10.6. The first kappa shape index (κ1) is 15.1. The van der Waals surface area contributed by atoms with Crippen molar-refractivity contribution in [3.8, 4) is 5.75 Å². The minimum atomic E-state index is -0.00779. The highest BCUT2D eigenvalue weighted by molar-refractivity contribution is 5.99. The highest BCUT2D eigenvalue weighted by atomic mass is 16.3. The molecule has 3 heteroatoms. The van der Waals surface area contributed by atoms with Crippen molar-refractivity contribution in [1.29, 1.82) is 0 Å². The lowest BCUT2D eigenvalue weighted by molar-refractivity contribution is 0.0801. The summed E-state index contributed by atoms with van der Waals surface area (Å²) in [6.45, 7) is 7.08. The summed E-state index contributed by atoms with van der Waals surface area (Å²) in [6.07, 6.45) is 7.40. The van der Waals surface area contributed by atoms with Gasteiger partial charge >= 0.3 is 0 Å². The Morgan fingerprint density at radius 1 is 1.32 bits per heavy atom. The molecule has 0 saturated heterocycles. The van der Waals surface area contributed by atoms with Crippen molar-refractivity contribution in [3.63, 3.8) is 0 Å². The van der Waals surface area contributed by atoms with E-state index >= 15 is 0 Å². The Balaban J connectivity index is 1.66. The van der Waals surface area contributed by atoms with Gasteiger partial charge in [-0.3, -0.25) is 4.79 Å². The molecule has 1 aromatic rings. The molecule has 1 heterocycles. The summed E-state index contributed by atoms with van der Waals surface area (Å²) < 4.78 is 0. The number of rotatable bonds is 4. The van der Waals surface area contributed by atoms with Crippen molar-refractivity contribution in [3.05, 3.63) is 41.6 Å². The third-order valence-electron chi connectivity index (χ3n) is 5.26. The molecule has 1 N–H and O–H groups in total. The van der Waals surface area contributed by atoms with Gasteiger partial charge in [-0.05, 0) is 55.2 Å². The zero-order chi connectivity index (χ0) is 15.7. The number of allylic oxidation sites excluding steroid dienone is 1. The smallest absolute Gasteiger partial charge is 0.258 e. The Labute approximate surface area is 132 Å². The topological polar surface area (TPSA) is 40.5 Å². The van der Waals surface area contributed by atoms with E-state index < -0.39 is 0 Å². The molecule has 2 aliphatic rings. The number of phenolic OH excluding ortho intramolecular Hbond substituents is 1. The number of nitrogens with zero attached hydrogens (tertiary/aromatic N) is 1. The van der Waals surface area contributed by atoms with Crippen LogP contribution in [0, 0.1) is 11.8 Å². The molecule has 0 atom stereocenters. The fourth-order valence-electron chi connectivity index (χ4n) is 3.93. The van der Waals surface area contributed by atoms with Crippen molar-refractivity contribution in [1.82, 2.24) is 4.90 Å². The van der Waals surface area contributed by atoms with Gasteiger partial charge < -0.3 is 10.0 Å². The van der Waals surface area contributed by atoms with Crippen molar-refractivity contribution in [2.75, 3.05) is 0 Å². The van der Waals surface area contributed by atoms with Crippen LogP contribution in [0.5, 0.6) is 5.75 Å². The number of benzene rings is 1. The van der Waals surface area contributed by atoms with Gasteiger partial charge in [-0.1, -0.05) is 32.4 Å². The summed E-state index contributed by atoms with van der Waals surface area (Å²) in [5, 5.41) is 9.57. The number of hydrogen-bond donors (Lipinski definition) is 1. The lowest BCUT2D eigenvalue weighted by atomic mass is 9.79. The lowest BCUT2D eigenvalue weighted by Crippen LogP contribution is -2.29. The number of carbonyl (C=O) groups excluding carboxylic acids is 1. The second kappa shape index (κ2) is 6.15. The minimum absolute atomic E-state index is 0.00779. The molecule has 0 aromatic heterocycles. The summed E-state index contributed by atoms with van der Waals surface area (Å²) in [4.78, 5) is 14.4. The number of carbonyl (C=O) groups is 1. The van der Waals surface area contributed by atoms with Crippen LogP contribution >= 0.6 is 0 Å². The van der Waals surface area contributed by atoms with E-state index in [9.17, 15) is 9.90 Å². The van der Waals surface area contributed by atoms with Gasteiger partial charge in [0.1, 0.15) is 5.75 Å².